The zero-order chi connectivity index (χ0) is 14.1. The van der Waals surface area contributed by atoms with Crippen LogP contribution in [0.25, 0.3) is 0 Å². The second kappa shape index (κ2) is 8.78. The number of ether oxygens (including phenoxy) is 1. The van der Waals surface area contributed by atoms with Crippen LogP contribution in [0.15, 0.2) is 0 Å². The Morgan fingerprint density at radius 2 is 1.89 bits per heavy atom. The minimum absolute atomic E-state index is 0.0937. The van der Waals surface area contributed by atoms with E-state index in [4.69, 9.17) is 4.74 Å². The van der Waals surface area contributed by atoms with Crippen LogP contribution in [0.4, 0.5) is 4.79 Å². The van der Waals surface area contributed by atoms with E-state index in [2.05, 4.69) is 0 Å². The van der Waals surface area contributed by atoms with E-state index >= 15 is 0 Å². The van der Waals surface area contributed by atoms with Crippen LogP contribution >= 0.6 is 0 Å². The Morgan fingerprint density at radius 3 is 2.28 bits per heavy atom. The predicted molar refractivity (Wildman–Crippen MR) is 69.5 cm³/mol. The fraction of sp³-hybridized carbons (Fsp3) is 0.846. The summed E-state index contributed by atoms with van der Waals surface area (Å²) in [6.07, 6.45) is 1.86. The van der Waals surface area contributed by atoms with Gasteiger partial charge in [0.1, 0.15) is 6.04 Å². The number of rotatable bonds is 8. The number of carboxylic acid groups (broad SMARTS) is 1. The topological polar surface area (TPSA) is 66.8 Å². The minimum Gasteiger partial charge on any atom is -0.480 e. The maximum Gasteiger partial charge on any atom is 0.410 e. The average molecular weight is 259 g/mol. The van der Waals surface area contributed by atoms with E-state index in [1.54, 1.807) is 6.92 Å². The molecular formula is C13H25NO4. The van der Waals surface area contributed by atoms with E-state index in [-0.39, 0.29) is 12.5 Å². The van der Waals surface area contributed by atoms with Gasteiger partial charge in [0.25, 0.3) is 0 Å². The van der Waals surface area contributed by atoms with Crippen molar-refractivity contribution >= 4 is 12.1 Å². The van der Waals surface area contributed by atoms with Gasteiger partial charge in [-0.1, -0.05) is 33.6 Å². The van der Waals surface area contributed by atoms with Crippen molar-refractivity contribution in [1.82, 2.24) is 4.90 Å². The molecule has 0 fully saturated rings. The van der Waals surface area contributed by atoms with Crippen LogP contribution in [0.2, 0.25) is 0 Å². The number of carbonyl (C=O) groups excluding carboxylic acids is 1. The van der Waals surface area contributed by atoms with Gasteiger partial charge in [-0.25, -0.2) is 9.59 Å². The van der Waals surface area contributed by atoms with Gasteiger partial charge in [0.15, 0.2) is 0 Å². The van der Waals surface area contributed by atoms with Gasteiger partial charge < -0.3 is 9.84 Å². The molecule has 0 bridgehead atoms. The fourth-order valence-electron chi connectivity index (χ4n) is 1.79. The molecule has 0 aromatic rings. The first-order valence-corrected chi connectivity index (χ1v) is 6.65. The zero-order valence-corrected chi connectivity index (χ0v) is 11.8. The normalized spacial score (nSPS) is 13.8. The third-order valence-corrected chi connectivity index (χ3v) is 3.03. The SMILES string of the molecule is CCCCN(C(=O)OCC)C(C(=O)O)C(C)CC. The standard InChI is InChI=1S/C13H25NO4/c1-5-8-9-14(13(17)18-7-3)11(12(15)16)10(4)6-2/h10-11H,5-9H2,1-4H3,(H,15,16). The van der Waals surface area contributed by atoms with E-state index in [0.717, 1.165) is 12.8 Å². The number of hydrogen-bond acceptors (Lipinski definition) is 3. The van der Waals surface area contributed by atoms with E-state index in [1.807, 2.05) is 20.8 Å². The molecule has 0 aromatic heterocycles. The monoisotopic (exact) mass is 259 g/mol. The molecule has 0 rings (SSSR count). The molecule has 0 aromatic carbocycles. The number of carbonyl (C=O) groups is 2. The summed E-state index contributed by atoms with van der Waals surface area (Å²) in [5.41, 5.74) is 0. The van der Waals surface area contributed by atoms with Crippen LogP contribution in [0.3, 0.4) is 0 Å². The Kier molecular flexibility index (Phi) is 8.16. The summed E-state index contributed by atoms with van der Waals surface area (Å²) in [6.45, 7) is 8.17. The number of hydrogen-bond donors (Lipinski definition) is 1. The molecule has 0 aliphatic rings. The smallest absolute Gasteiger partial charge is 0.410 e. The third kappa shape index (κ3) is 4.94. The molecule has 0 aliphatic carbocycles. The lowest BCUT2D eigenvalue weighted by Crippen LogP contribution is -2.49. The molecule has 5 nitrogen and oxygen atoms in total. The van der Waals surface area contributed by atoms with Gasteiger partial charge in [-0.15, -0.1) is 0 Å². The lowest BCUT2D eigenvalue weighted by molar-refractivity contribution is -0.144. The molecular weight excluding hydrogens is 234 g/mol. The first kappa shape index (κ1) is 16.7. The number of unbranched alkanes of at least 4 members (excludes halogenated alkanes) is 1. The van der Waals surface area contributed by atoms with Crippen LogP contribution < -0.4 is 0 Å². The third-order valence-electron chi connectivity index (χ3n) is 3.03. The Labute approximate surface area is 109 Å². The van der Waals surface area contributed by atoms with Gasteiger partial charge in [-0.3, -0.25) is 4.90 Å². The molecule has 2 unspecified atom stereocenters. The first-order valence-electron chi connectivity index (χ1n) is 6.65. The van der Waals surface area contributed by atoms with Crippen LogP contribution in [0, 0.1) is 5.92 Å². The maximum atomic E-state index is 11.9. The highest BCUT2D eigenvalue weighted by Crippen LogP contribution is 2.17. The second-order valence-electron chi connectivity index (χ2n) is 4.41. The number of amides is 1. The van der Waals surface area contributed by atoms with E-state index < -0.39 is 18.1 Å². The van der Waals surface area contributed by atoms with E-state index in [9.17, 15) is 14.7 Å². The molecule has 106 valence electrons. The maximum absolute atomic E-state index is 11.9. The summed E-state index contributed by atoms with van der Waals surface area (Å²) in [5.74, 6) is -1.06. The average Bonchev–Trinajstić information content (AvgIpc) is 2.33. The van der Waals surface area contributed by atoms with Crippen molar-refractivity contribution in [2.75, 3.05) is 13.2 Å². The Bertz CT molecular complexity index is 268. The van der Waals surface area contributed by atoms with Gasteiger partial charge in [-0.05, 0) is 19.3 Å². The van der Waals surface area contributed by atoms with Crippen LogP contribution in [0.5, 0.6) is 0 Å². The van der Waals surface area contributed by atoms with Gasteiger partial charge in [-0.2, -0.15) is 0 Å². The molecule has 0 saturated heterocycles. The zero-order valence-electron chi connectivity index (χ0n) is 11.8. The molecule has 0 aliphatic heterocycles. The molecule has 0 heterocycles. The summed E-state index contributed by atoms with van der Waals surface area (Å²) in [6, 6.07) is -0.805. The molecule has 0 radical (unpaired) electrons. The Balaban J connectivity index is 4.96. The molecule has 1 amide bonds. The van der Waals surface area contributed by atoms with E-state index in [0.29, 0.717) is 13.0 Å². The highest BCUT2D eigenvalue weighted by Gasteiger charge is 2.33. The number of carboxylic acids is 1. The van der Waals surface area contributed by atoms with E-state index in [1.165, 1.54) is 4.90 Å². The fourth-order valence-corrected chi connectivity index (χ4v) is 1.79. The summed E-state index contributed by atoms with van der Waals surface area (Å²) in [4.78, 5) is 24.6. The van der Waals surface area contributed by atoms with Crippen molar-refractivity contribution in [3.8, 4) is 0 Å². The number of nitrogens with zero attached hydrogens (tertiary/aromatic N) is 1. The largest absolute Gasteiger partial charge is 0.480 e. The Morgan fingerprint density at radius 1 is 1.28 bits per heavy atom. The van der Waals surface area contributed by atoms with Crippen molar-refractivity contribution in [2.45, 2.75) is 53.0 Å². The highest BCUT2D eigenvalue weighted by molar-refractivity contribution is 5.80. The molecule has 0 saturated carbocycles. The quantitative estimate of drug-likeness (QED) is 0.727. The minimum atomic E-state index is -0.964. The summed E-state index contributed by atoms with van der Waals surface area (Å²) in [5, 5.41) is 9.31. The molecule has 18 heavy (non-hydrogen) atoms. The lowest BCUT2D eigenvalue weighted by Gasteiger charge is -2.31. The summed E-state index contributed by atoms with van der Waals surface area (Å²) in [7, 11) is 0. The van der Waals surface area contributed by atoms with Crippen molar-refractivity contribution in [3.63, 3.8) is 0 Å². The van der Waals surface area contributed by atoms with Crippen molar-refractivity contribution in [1.29, 1.82) is 0 Å². The van der Waals surface area contributed by atoms with Gasteiger partial charge in [0, 0.05) is 6.54 Å². The van der Waals surface area contributed by atoms with Crippen LogP contribution in [-0.4, -0.2) is 41.3 Å². The van der Waals surface area contributed by atoms with Crippen LogP contribution in [0.1, 0.15) is 47.0 Å². The molecule has 1 N–H and O–H groups in total. The molecule has 5 heteroatoms. The van der Waals surface area contributed by atoms with Crippen LogP contribution in [-0.2, 0) is 9.53 Å². The predicted octanol–water partition coefficient (Wildman–Crippen LogP) is 2.74. The van der Waals surface area contributed by atoms with Crippen molar-refractivity contribution < 1.29 is 19.4 Å². The molecule has 2 atom stereocenters. The van der Waals surface area contributed by atoms with Gasteiger partial charge in [0.05, 0.1) is 6.61 Å². The number of aliphatic carboxylic acids is 1. The summed E-state index contributed by atoms with van der Waals surface area (Å²) < 4.78 is 4.95. The second-order valence-corrected chi connectivity index (χ2v) is 4.41. The van der Waals surface area contributed by atoms with Gasteiger partial charge >= 0.3 is 12.1 Å². The van der Waals surface area contributed by atoms with Crippen molar-refractivity contribution in [3.05, 3.63) is 0 Å². The summed E-state index contributed by atoms with van der Waals surface area (Å²) >= 11 is 0. The van der Waals surface area contributed by atoms with Crippen molar-refractivity contribution in [2.24, 2.45) is 5.92 Å². The lowest BCUT2D eigenvalue weighted by atomic mass is 9.97. The Hall–Kier alpha value is -1.26. The molecule has 0 spiro atoms. The first-order chi connectivity index (χ1) is 8.49. The highest BCUT2D eigenvalue weighted by atomic mass is 16.6. The van der Waals surface area contributed by atoms with Gasteiger partial charge in [0.2, 0.25) is 0 Å².